The van der Waals surface area contributed by atoms with Gasteiger partial charge in [-0.2, -0.15) is 4.31 Å². The highest BCUT2D eigenvalue weighted by atomic mass is 32.2. The third kappa shape index (κ3) is 3.78. The van der Waals surface area contributed by atoms with Crippen molar-refractivity contribution in [3.8, 4) is 5.75 Å². The van der Waals surface area contributed by atoms with Crippen molar-refractivity contribution in [1.82, 2.24) is 4.31 Å². The number of ether oxygens (including phenoxy) is 1. The van der Waals surface area contributed by atoms with Gasteiger partial charge in [-0.1, -0.05) is 19.1 Å². The van der Waals surface area contributed by atoms with E-state index < -0.39 is 42.1 Å². The molecule has 11 heteroatoms. The summed E-state index contributed by atoms with van der Waals surface area (Å²) in [4.78, 5) is -0.648. The molecule has 0 bridgehead atoms. The Morgan fingerprint density at radius 2 is 1.74 bits per heavy atom. The molecule has 0 N–H and O–H groups in total. The van der Waals surface area contributed by atoms with Gasteiger partial charge in [-0.25, -0.2) is 16.8 Å². The zero-order valence-electron chi connectivity index (χ0n) is 11.9. The minimum atomic E-state index is -5.03. The molecule has 130 valence electrons. The minimum Gasteiger partial charge on any atom is -0.404 e. The molecule has 1 aromatic carbocycles. The van der Waals surface area contributed by atoms with Crippen molar-refractivity contribution in [3.05, 3.63) is 24.3 Å². The van der Waals surface area contributed by atoms with Crippen molar-refractivity contribution in [2.75, 3.05) is 18.8 Å². The number of halogens is 3. The van der Waals surface area contributed by atoms with E-state index in [0.29, 0.717) is 0 Å². The summed E-state index contributed by atoms with van der Waals surface area (Å²) in [5, 5.41) is -0.835. The topological polar surface area (TPSA) is 80.8 Å². The molecule has 0 amide bonds. The van der Waals surface area contributed by atoms with Crippen molar-refractivity contribution in [3.63, 3.8) is 0 Å². The van der Waals surface area contributed by atoms with Crippen molar-refractivity contribution >= 4 is 19.9 Å². The second-order valence-electron chi connectivity index (χ2n) is 4.89. The first kappa shape index (κ1) is 18.0. The van der Waals surface area contributed by atoms with Crippen LogP contribution in [0.2, 0.25) is 0 Å². The molecule has 0 spiro atoms. The molecule has 6 nitrogen and oxygen atoms in total. The number of sulfone groups is 1. The van der Waals surface area contributed by atoms with Crippen LogP contribution in [-0.2, 0) is 19.9 Å². The molecule has 1 aliphatic rings. The number of alkyl halides is 3. The standard InChI is InChI=1S/C12H14F3NO5S2/c1-2-22(17,18)9-7-16(8-9)23(19,20)11-6-4-3-5-10(11)21-12(13,14)15/h3-6,9H,2,7-8H2,1H3. The fraction of sp³-hybridized carbons (Fsp3) is 0.500. The number of nitrogens with zero attached hydrogens (tertiary/aromatic N) is 1. The van der Waals surface area contributed by atoms with Crippen LogP contribution in [0, 0.1) is 0 Å². The first-order chi connectivity index (χ1) is 10.5. The second-order valence-corrected chi connectivity index (χ2v) is 9.37. The van der Waals surface area contributed by atoms with Gasteiger partial charge < -0.3 is 4.74 Å². The number of para-hydroxylation sites is 1. The smallest absolute Gasteiger partial charge is 0.404 e. The average molecular weight is 373 g/mol. The lowest BCUT2D eigenvalue weighted by atomic mass is 10.3. The van der Waals surface area contributed by atoms with Gasteiger partial charge in [-0.15, -0.1) is 13.2 Å². The van der Waals surface area contributed by atoms with Crippen molar-refractivity contribution in [1.29, 1.82) is 0 Å². The van der Waals surface area contributed by atoms with Crippen LogP contribution >= 0.6 is 0 Å². The van der Waals surface area contributed by atoms with Crippen LogP contribution in [0.15, 0.2) is 29.2 Å². The molecule has 0 radical (unpaired) electrons. The summed E-state index contributed by atoms with van der Waals surface area (Å²) >= 11 is 0. The lowest BCUT2D eigenvalue weighted by molar-refractivity contribution is -0.275. The van der Waals surface area contributed by atoms with E-state index >= 15 is 0 Å². The number of sulfonamides is 1. The maximum Gasteiger partial charge on any atom is 0.573 e. The molecule has 1 fully saturated rings. The van der Waals surface area contributed by atoms with Crippen LogP contribution < -0.4 is 4.74 Å². The Morgan fingerprint density at radius 1 is 1.17 bits per heavy atom. The molecule has 2 rings (SSSR count). The van der Waals surface area contributed by atoms with Crippen molar-refractivity contribution in [2.45, 2.75) is 23.4 Å². The molecule has 1 saturated heterocycles. The largest absolute Gasteiger partial charge is 0.573 e. The monoisotopic (exact) mass is 373 g/mol. The molecule has 0 atom stereocenters. The predicted octanol–water partition coefficient (Wildman–Crippen LogP) is 1.39. The first-order valence-electron chi connectivity index (χ1n) is 6.54. The second kappa shape index (κ2) is 5.95. The van der Waals surface area contributed by atoms with E-state index in [9.17, 15) is 30.0 Å². The SMILES string of the molecule is CCS(=O)(=O)C1CN(S(=O)(=O)c2ccccc2OC(F)(F)F)C1. The molecule has 23 heavy (non-hydrogen) atoms. The highest BCUT2D eigenvalue weighted by Crippen LogP contribution is 2.33. The fourth-order valence-corrected chi connectivity index (χ4v) is 5.19. The van der Waals surface area contributed by atoms with Crippen LogP contribution in [-0.4, -0.2) is 51.6 Å². The van der Waals surface area contributed by atoms with E-state index in [1.165, 1.54) is 19.1 Å². The van der Waals surface area contributed by atoms with Gasteiger partial charge in [0.1, 0.15) is 10.6 Å². The number of hydrogen-bond acceptors (Lipinski definition) is 5. The Labute approximate surface area is 131 Å². The van der Waals surface area contributed by atoms with Gasteiger partial charge in [0, 0.05) is 18.8 Å². The van der Waals surface area contributed by atoms with E-state index in [4.69, 9.17) is 0 Å². The van der Waals surface area contributed by atoms with Gasteiger partial charge in [0.2, 0.25) is 10.0 Å². The van der Waals surface area contributed by atoms with Crippen LogP contribution in [0.25, 0.3) is 0 Å². The number of benzene rings is 1. The van der Waals surface area contributed by atoms with E-state index in [2.05, 4.69) is 4.74 Å². The molecule has 0 saturated carbocycles. The maximum atomic E-state index is 12.4. The van der Waals surface area contributed by atoms with Crippen LogP contribution in [0.4, 0.5) is 13.2 Å². The molecule has 0 unspecified atom stereocenters. The van der Waals surface area contributed by atoms with Gasteiger partial charge in [-0.3, -0.25) is 0 Å². The Kier molecular flexibility index (Phi) is 4.66. The van der Waals surface area contributed by atoms with E-state index in [-0.39, 0.29) is 18.8 Å². The third-order valence-corrected chi connectivity index (χ3v) is 7.41. The van der Waals surface area contributed by atoms with Crippen molar-refractivity contribution in [2.24, 2.45) is 0 Å². The van der Waals surface area contributed by atoms with Gasteiger partial charge in [0.15, 0.2) is 9.84 Å². The van der Waals surface area contributed by atoms with Gasteiger partial charge in [0.25, 0.3) is 0 Å². The van der Waals surface area contributed by atoms with E-state index in [1.54, 1.807) is 0 Å². The summed E-state index contributed by atoms with van der Waals surface area (Å²) < 4.78 is 89.7. The maximum absolute atomic E-state index is 12.4. The molecular formula is C12H14F3NO5S2. The lowest BCUT2D eigenvalue weighted by Gasteiger charge is -2.37. The predicted molar refractivity (Wildman–Crippen MR) is 75.1 cm³/mol. The molecule has 0 aliphatic carbocycles. The molecular weight excluding hydrogens is 359 g/mol. The van der Waals surface area contributed by atoms with Crippen LogP contribution in [0.1, 0.15) is 6.92 Å². The van der Waals surface area contributed by atoms with E-state index in [1.807, 2.05) is 0 Å². The minimum absolute atomic E-state index is 0.126. The van der Waals surface area contributed by atoms with Gasteiger partial charge in [0.05, 0.1) is 5.25 Å². The highest BCUT2D eigenvalue weighted by Gasteiger charge is 2.44. The zero-order chi connectivity index (χ0) is 17.5. The zero-order valence-corrected chi connectivity index (χ0v) is 13.6. The molecule has 1 heterocycles. The summed E-state index contributed by atoms with van der Waals surface area (Å²) in [5.41, 5.74) is 0. The summed E-state index contributed by atoms with van der Waals surface area (Å²) in [6.45, 7) is 0.886. The van der Waals surface area contributed by atoms with Gasteiger partial charge >= 0.3 is 6.36 Å². The summed E-state index contributed by atoms with van der Waals surface area (Å²) in [6.07, 6.45) is -5.03. The lowest BCUT2D eigenvalue weighted by Crippen LogP contribution is -2.57. The third-order valence-electron chi connectivity index (χ3n) is 3.42. The van der Waals surface area contributed by atoms with Crippen LogP contribution in [0.5, 0.6) is 5.75 Å². The number of hydrogen-bond donors (Lipinski definition) is 0. The summed E-state index contributed by atoms with van der Waals surface area (Å²) in [7, 11) is -7.66. The van der Waals surface area contributed by atoms with Gasteiger partial charge in [-0.05, 0) is 12.1 Å². The summed E-state index contributed by atoms with van der Waals surface area (Å²) in [6, 6.07) is 4.34. The quantitative estimate of drug-likeness (QED) is 0.779. The first-order valence-corrected chi connectivity index (χ1v) is 9.69. The highest BCUT2D eigenvalue weighted by molar-refractivity contribution is 7.92. The molecule has 1 aliphatic heterocycles. The Morgan fingerprint density at radius 3 is 2.26 bits per heavy atom. The fourth-order valence-electron chi connectivity index (χ4n) is 2.07. The van der Waals surface area contributed by atoms with Crippen molar-refractivity contribution < 1.29 is 34.7 Å². The summed E-state index contributed by atoms with van der Waals surface area (Å²) in [5.74, 6) is -0.971. The Hall–Kier alpha value is -1.33. The number of rotatable bonds is 5. The molecule has 0 aromatic heterocycles. The average Bonchev–Trinajstić information content (AvgIpc) is 2.34. The molecule has 1 aromatic rings. The Bertz CT molecular complexity index is 783. The van der Waals surface area contributed by atoms with Crippen LogP contribution in [0.3, 0.4) is 0 Å². The van der Waals surface area contributed by atoms with E-state index in [0.717, 1.165) is 16.4 Å². The normalized spacial score (nSPS) is 17.7. The Balaban J connectivity index is 2.26.